The molecule has 1 aromatic carbocycles. The lowest BCUT2D eigenvalue weighted by molar-refractivity contribution is -0.141. The summed E-state index contributed by atoms with van der Waals surface area (Å²) in [5, 5.41) is 5.70. The molecule has 1 amide bonds. The van der Waals surface area contributed by atoms with Gasteiger partial charge in [-0.1, -0.05) is 6.07 Å². The van der Waals surface area contributed by atoms with Crippen molar-refractivity contribution in [3.8, 4) is 11.6 Å². The number of hydrogen-bond acceptors (Lipinski definition) is 4. The Kier molecular flexibility index (Phi) is 5.08. The highest BCUT2D eigenvalue weighted by atomic mass is 19.4. The van der Waals surface area contributed by atoms with E-state index in [2.05, 4.69) is 15.4 Å². The maximum Gasteiger partial charge on any atom is 0.435 e. The second-order valence-corrected chi connectivity index (χ2v) is 6.25. The van der Waals surface area contributed by atoms with Gasteiger partial charge >= 0.3 is 6.18 Å². The maximum absolute atomic E-state index is 13.0. The number of alkyl halides is 3. The largest absolute Gasteiger partial charge is 0.439 e. The SMILES string of the molecule is Cc1ccc(Oc2ccc(NC(=O)c3cn(C)nc3C(F)(F)F)cn2)cc1C. The number of nitrogens with zero attached hydrogens (tertiary/aromatic N) is 3. The Morgan fingerprint density at radius 1 is 1.14 bits per heavy atom. The van der Waals surface area contributed by atoms with Crippen molar-refractivity contribution in [2.75, 3.05) is 5.32 Å². The fourth-order valence-electron chi connectivity index (χ4n) is 2.48. The summed E-state index contributed by atoms with van der Waals surface area (Å²) in [6.45, 7) is 3.95. The molecule has 2 aromatic heterocycles. The summed E-state index contributed by atoms with van der Waals surface area (Å²) in [4.78, 5) is 16.3. The number of amides is 1. The number of nitrogens with one attached hydrogen (secondary N) is 1. The number of ether oxygens (including phenoxy) is 1. The van der Waals surface area contributed by atoms with Gasteiger partial charge in [-0.2, -0.15) is 18.3 Å². The normalized spacial score (nSPS) is 11.4. The smallest absolute Gasteiger partial charge is 0.435 e. The summed E-state index contributed by atoms with van der Waals surface area (Å²) in [6.07, 6.45) is -2.41. The number of carbonyl (C=O) groups is 1. The Balaban J connectivity index is 1.72. The zero-order chi connectivity index (χ0) is 20.5. The summed E-state index contributed by atoms with van der Waals surface area (Å²) in [7, 11) is 1.31. The molecular weight excluding hydrogens is 373 g/mol. The number of hydrogen-bond donors (Lipinski definition) is 1. The van der Waals surface area contributed by atoms with Gasteiger partial charge in [0, 0.05) is 19.3 Å². The third-order valence-corrected chi connectivity index (χ3v) is 4.04. The van der Waals surface area contributed by atoms with E-state index < -0.39 is 23.3 Å². The van der Waals surface area contributed by atoms with Crippen molar-refractivity contribution < 1.29 is 22.7 Å². The predicted octanol–water partition coefficient (Wildman–Crippen LogP) is 4.50. The molecule has 0 saturated carbocycles. The van der Waals surface area contributed by atoms with Gasteiger partial charge < -0.3 is 10.1 Å². The van der Waals surface area contributed by atoms with Crippen molar-refractivity contribution in [3.05, 3.63) is 65.1 Å². The molecule has 1 N–H and O–H groups in total. The molecule has 0 aliphatic carbocycles. The number of carbonyl (C=O) groups excluding carboxylic acids is 1. The van der Waals surface area contributed by atoms with Gasteiger partial charge in [-0.25, -0.2) is 4.98 Å². The number of halogens is 3. The second kappa shape index (κ2) is 7.34. The van der Waals surface area contributed by atoms with Gasteiger partial charge in [0.25, 0.3) is 5.91 Å². The summed E-state index contributed by atoms with van der Waals surface area (Å²) >= 11 is 0. The minimum atomic E-state index is -4.73. The monoisotopic (exact) mass is 390 g/mol. The van der Waals surface area contributed by atoms with Crippen LogP contribution in [-0.2, 0) is 13.2 Å². The van der Waals surface area contributed by atoms with Crippen LogP contribution < -0.4 is 10.1 Å². The van der Waals surface area contributed by atoms with Crippen LogP contribution >= 0.6 is 0 Å². The molecular formula is C19H17F3N4O2. The Morgan fingerprint density at radius 2 is 1.89 bits per heavy atom. The van der Waals surface area contributed by atoms with Crippen LogP contribution in [0.5, 0.6) is 11.6 Å². The molecule has 0 aliphatic heterocycles. The zero-order valence-corrected chi connectivity index (χ0v) is 15.3. The lowest BCUT2D eigenvalue weighted by Gasteiger charge is -2.09. The van der Waals surface area contributed by atoms with Gasteiger partial charge in [-0.15, -0.1) is 0 Å². The van der Waals surface area contributed by atoms with Crippen molar-refractivity contribution in [2.24, 2.45) is 7.05 Å². The number of aromatic nitrogens is 3. The molecule has 28 heavy (non-hydrogen) atoms. The zero-order valence-electron chi connectivity index (χ0n) is 15.3. The van der Waals surface area contributed by atoms with E-state index in [-0.39, 0.29) is 5.69 Å². The number of rotatable bonds is 4. The van der Waals surface area contributed by atoms with Gasteiger partial charge in [0.15, 0.2) is 5.69 Å². The first-order chi connectivity index (χ1) is 13.1. The first-order valence-corrected chi connectivity index (χ1v) is 8.27. The fraction of sp³-hybridized carbons (Fsp3) is 0.211. The van der Waals surface area contributed by atoms with Crippen molar-refractivity contribution in [2.45, 2.75) is 20.0 Å². The van der Waals surface area contributed by atoms with Crippen molar-refractivity contribution in [1.29, 1.82) is 0 Å². The molecule has 0 spiro atoms. The van der Waals surface area contributed by atoms with Crippen LogP contribution in [0.15, 0.2) is 42.7 Å². The number of pyridine rings is 1. The van der Waals surface area contributed by atoms with E-state index in [1.165, 1.54) is 25.4 Å². The first kappa shape index (κ1) is 19.4. The topological polar surface area (TPSA) is 69.0 Å². The van der Waals surface area contributed by atoms with Gasteiger partial charge in [-0.05, 0) is 43.2 Å². The summed E-state index contributed by atoms with van der Waals surface area (Å²) < 4.78 is 45.5. The Hall–Kier alpha value is -3.36. The average molecular weight is 390 g/mol. The van der Waals surface area contributed by atoms with E-state index in [1.54, 1.807) is 6.07 Å². The Morgan fingerprint density at radius 3 is 2.50 bits per heavy atom. The van der Waals surface area contributed by atoms with Crippen LogP contribution in [0.25, 0.3) is 0 Å². The van der Waals surface area contributed by atoms with Gasteiger partial charge in [-0.3, -0.25) is 9.48 Å². The number of benzene rings is 1. The fourth-order valence-corrected chi connectivity index (χ4v) is 2.48. The third kappa shape index (κ3) is 4.30. The Labute approximate surface area is 159 Å². The summed E-state index contributed by atoms with van der Waals surface area (Å²) in [6, 6.07) is 8.60. The average Bonchev–Trinajstić information content (AvgIpc) is 3.02. The van der Waals surface area contributed by atoms with Crippen molar-refractivity contribution in [1.82, 2.24) is 14.8 Å². The molecule has 6 nitrogen and oxygen atoms in total. The van der Waals surface area contributed by atoms with Crippen LogP contribution in [0, 0.1) is 13.8 Å². The molecule has 0 saturated heterocycles. The van der Waals surface area contributed by atoms with E-state index in [4.69, 9.17) is 4.74 Å². The molecule has 146 valence electrons. The van der Waals surface area contributed by atoms with E-state index in [1.807, 2.05) is 26.0 Å². The van der Waals surface area contributed by atoms with Crippen LogP contribution in [0.1, 0.15) is 27.2 Å². The molecule has 2 heterocycles. The van der Waals surface area contributed by atoms with Gasteiger partial charge in [0.2, 0.25) is 5.88 Å². The van der Waals surface area contributed by atoms with E-state index >= 15 is 0 Å². The summed E-state index contributed by atoms with van der Waals surface area (Å²) in [5.74, 6) is -0.0266. The molecule has 0 unspecified atom stereocenters. The van der Waals surface area contributed by atoms with Crippen LogP contribution in [0.3, 0.4) is 0 Å². The standard InChI is InChI=1S/C19H17F3N4O2/c1-11-4-6-14(8-12(11)2)28-16-7-5-13(9-23-16)24-18(27)15-10-26(3)25-17(15)19(20,21)22/h4-10H,1-3H3,(H,24,27). The molecule has 0 atom stereocenters. The number of aryl methyl sites for hydroxylation is 3. The molecule has 0 bridgehead atoms. The van der Waals surface area contributed by atoms with Gasteiger partial charge in [0.05, 0.1) is 17.4 Å². The molecule has 0 radical (unpaired) electrons. The highest BCUT2D eigenvalue weighted by Gasteiger charge is 2.39. The van der Waals surface area contributed by atoms with Crippen molar-refractivity contribution >= 4 is 11.6 Å². The molecule has 3 aromatic rings. The van der Waals surface area contributed by atoms with Crippen molar-refractivity contribution in [3.63, 3.8) is 0 Å². The lowest BCUT2D eigenvalue weighted by atomic mass is 10.1. The van der Waals surface area contributed by atoms with E-state index in [0.717, 1.165) is 22.0 Å². The van der Waals surface area contributed by atoms with Gasteiger partial charge in [0.1, 0.15) is 5.75 Å². The first-order valence-electron chi connectivity index (χ1n) is 8.27. The maximum atomic E-state index is 13.0. The quantitative estimate of drug-likeness (QED) is 0.712. The number of anilines is 1. The molecule has 3 rings (SSSR count). The van der Waals surface area contributed by atoms with Crippen LogP contribution in [-0.4, -0.2) is 20.7 Å². The molecule has 9 heteroatoms. The predicted molar refractivity (Wildman–Crippen MR) is 96.4 cm³/mol. The highest BCUT2D eigenvalue weighted by molar-refractivity contribution is 6.05. The highest BCUT2D eigenvalue weighted by Crippen LogP contribution is 2.31. The van der Waals surface area contributed by atoms with Crippen LogP contribution in [0.4, 0.5) is 18.9 Å². The third-order valence-electron chi connectivity index (χ3n) is 4.04. The lowest BCUT2D eigenvalue weighted by Crippen LogP contribution is -2.17. The van der Waals surface area contributed by atoms with Crippen LogP contribution in [0.2, 0.25) is 0 Å². The summed E-state index contributed by atoms with van der Waals surface area (Å²) in [5.41, 5.74) is 0.625. The minimum Gasteiger partial charge on any atom is -0.439 e. The minimum absolute atomic E-state index is 0.231. The molecule has 0 fully saturated rings. The second-order valence-electron chi connectivity index (χ2n) is 6.25. The Bertz CT molecular complexity index is 1010. The van der Waals surface area contributed by atoms with E-state index in [9.17, 15) is 18.0 Å². The molecule has 0 aliphatic rings. The van der Waals surface area contributed by atoms with E-state index in [0.29, 0.717) is 11.6 Å².